The summed E-state index contributed by atoms with van der Waals surface area (Å²) >= 11 is 0. The second-order valence-electron chi connectivity index (χ2n) is 3.95. The van der Waals surface area contributed by atoms with E-state index in [1.165, 1.54) is 12.1 Å². The molecule has 0 atom stereocenters. The molecule has 0 aliphatic heterocycles. The number of benzene rings is 1. The number of carboxylic acids is 1. The molecule has 4 nitrogen and oxygen atoms in total. The average Bonchev–Trinajstić information content (AvgIpc) is 2.72. The van der Waals surface area contributed by atoms with Crippen LogP contribution >= 0.6 is 0 Å². The zero-order valence-electron chi connectivity index (χ0n) is 8.74. The molecule has 0 unspecified atom stereocenters. The van der Waals surface area contributed by atoms with Crippen LogP contribution in [0.5, 0.6) is 0 Å². The third kappa shape index (κ3) is 1.43. The van der Waals surface area contributed by atoms with E-state index in [0.717, 1.165) is 5.56 Å². The molecule has 0 spiro atoms. The van der Waals surface area contributed by atoms with E-state index >= 15 is 0 Å². The van der Waals surface area contributed by atoms with Crippen LogP contribution in [0, 0.1) is 5.82 Å². The second kappa shape index (κ2) is 3.41. The van der Waals surface area contributed by atoms with Crippen molar-refractivity contribution in [2.24, 2.45) is 0 Å². The number of fused-ring (bicyclic) bond motifs is 3. The Morgan fingerprint density at radius 2 is 2.24 bits per heavy atom. The van der Waals surface area contributed by atoms with E-state index < -0.39 is 5.97 Å². The second-order valence-corrected chi connectivity index (χ2v) is 3.95. The molecule has 1 aliphatic carbocycles. The maximum Gasteiger partial charge on any atom is 0.358 e. The lowest BCUT2D eigenvalue weighted by Gasteiger charge is -2.13. The molecule has 1 heterocycles. The summed E-state index contributed by atoms with van der Waals surface area (Å²) in [5.41, 5.74) is 2.03. The summed E-state index contributed by atoms with van der Waals surface area (Å²) in [4.78, 5) is 10.9. The van der Waals surface area contributed by atoms with Crippen molar-refractivity contribution in [1.82, 2.24) is 5.16 Å². The van der Waals surface area contributed by atoms with Crippen molar-refractivity contribution in [3.8, 4) is 11.3 Å². The van der Waals surface area contributed by atoms with Crippen LogP contribution in [0.4, 0.5) is 4.39 Å². The molecule has 1 aromatic heterocycles. The summed E-state index contributed by atoms with van der Waals surface area (Å²) in [7, 11) is 0. The average molecular weight is 233 g/mol. The van der Waals surface area contributed by atoms with E-state index in [1.54, 1.807) is 6.07 Å². The fraction of sp³-hybridized carbons (Fsp3) is 0.167. The van der Waals surface area contributed by atoms with Gasteiger partial charge in [0.05, 0.1) is 0 Å². The quantitative estimate of drug-likeness (QED) is 0.820. The summed E-state index contributed by atoms with van der Waals surface area (Å²) in [6, 6.07) is 4.43. The first-order valence-electron chi connectivity index (χ1n) is 5.17. The number of aryl methyl sites for hydroxylation is 1. The van der Waals surface area contributed by atoms with E-state index in [2.05, 4.69) is 5.16 Å². The fourth-order valence-electron chi connectivity index (χ4n) is 2.16. The van der Waals surface area contributed by atoms with Crippen molar-refractivity contribution < 1.29 is 18.8 Å². The third-order valence-corrected chi connectivity index (χ3v) is 2.95. The van der Waals surface area contributed by atoms with Gasteiger partial charge in [-0.2, -0.15) is 0 Å². The molecule has 0 saturated heterocycles. The third-order valence-electron chi connectivity index (χ3n) is 2.95. The topological polar surface area (TPSA) is 63.3 Å². The predicted octanol–water partition coefficient (Wildman–Crippen LogP) is 2.28. The van der Waals surface area contributed by atoms with Crippen molar-refractivity contribution >= 4 is 5.97 Å². The number of carbonyl (C=O) groups is 1. The van der Waals surface area contributed by atoms with Crippen LogP contribution in [0.2, 0.25) is 0 Å². The van der Waals surface area contributed by atoms with Crippen molar-refractivity contribution in [2.75, 3.05) is 0 Å². The van der Waals surface area contributed by atoms with E-state index in [1.807, 2.05) is 0 Å². The van der Waals surface area contributed by atoms with Gasteiger partial charge in [0.2, 0.25) is 0 Å². The van der Waals surface area contributed by atoms with Crippen molar-refractivity contribution in [3.63, 3.8) is 0 Å². The lowest BCUT2D eigenvalue weighted by Crippen LogP contribution is -2.07. The predicted molar refractivity (Wildman–Crippen MR) is 56.3 cm³/mol. The number of hydrogen-bond donors (Lipinski definition) is 1. The van der Waals surface area contributed by atoms with Gasteiger partial charge in [-0.1, -0.05) is 11.2 Å². The molecule has 5 heteroatoms. The van der Waals surface area contributed by atoms with Gasteiger partial charge in [-0.25, -0.2) is 9.18 Å². The molecule has 0 amide bonds. The first kappa shape index (κ1) is 10.0. The Bertz CT molecular complexity index is 618. The van der Waals surface area contributed by atoms with Crippen molar-refractivity contribution in [1.29, 1.82) is 0 Å². The van der Waals surface area contributed by atoms with Gasteiger partial charge in [0.15, 0.2) is 11.5 Å². The standard InChI is InChI=1S/C12H8FNO3/c13-7-3-1-6-2-4-8-10(12(15)16)14-17-11(8)9(6)5-7/h1,3,5H,2,4H2,(H,15,16). The minimum absolute atomic E-state index is 0.0742. The maximum absolute atomic E-state index is 13.2. The van der Waals surface area contributed by atoms with Crippen LogP contribution in [0.25, 0.3) is 11.3 Å². The molecule has 0 bridgehead atoms. The Morgan fingerprint density at radius 3 is 3.00 bits per heavy atom. The Kier molecular flexibility index (Phi) is 2.01. The van der Waals surface area contributed by atoms with Crippen LogP contribution in [-0.4, -0.2) is 16.2 Å². The van der Waals surface area contributed by atoms with Crippen LogP contribution in [0.15, 0.2) is 22.7 Å². The molecule has 1 N–H and O–H groups in total. The number of hydrogen-bond acceptors (Lipinski definition) is 3. The largest absolute Gasteiger partial charge is 0.476 e. The van der Waals surface area contributed by atoms with E-state index in [-0.39, 0.29) is 11.5 Å². The molecule has 0 saturated carbocycles. The van der Waals surface area contributed by atoms with E-state index in [4.69, 9.17) is 9.63 Å². The zero-order valence-corrected chi connectivity index (χ0v) is 8.74. The minimum atomic E-state index is -1.12. The highest BCUT2D eigenvalue weighted by molar-refractivity contribution is 5.89. The van der Waals surface area contributed by atoms with Gasteiger partial charge in [-0.05, 0) is 30.5 Å². The van der Waals surface area contributed by atoms with Crippen LogP contribution in [-0.2, 0) is 12.8 Å². The van der Waals surface area contributed by atoms with E-state index in [9.17, 15) is 9.18 Å². The number of halogens is 1. The van der Waals surface area contributed by atoms with Crippen LogP contribution in [0.1, 0.15) is 21.6 Å². The van der Waals surface area contributed by atoms with Crippen molar-refractivity contribution in [2.45, 2.75) is 12.8 Å². The molecule has 17 heavy (non-hydrogen) atoms. The highest BCUT2D eigenvalue weighted by atomic mass is 19.1. The number of nitrogens with zero attached hydrogens (tertiary/aromatic N) is 1. The number of rotatable bonds is 1. The Labute approximate surface area is 95.7 Å². The van der Waals surface area contributed by atoms with Crippen LogP contribution < -0.4 is 0 Å². The molecule has 2 aromatic rings. The molecule has 1 aliphatic rings. The molecular formula is C12H8FNO3. The summed E-state index contributed by atoms with van der Waals surface area (Å²) in [5.74, 6) is -1.11. The number of aromatic nitrogens is 1. The number of aromatic carboxylic acids is 1. The lowest BCUT2D eigenvalue weighted by molar-refractivity contribution is 0.0685. The van der Waals surface area contributed by atoms with Gasteiger partial charge in [-0.3, -0.25) is 0 Å². The maximum atomic E-state index is 13.2. The Balaban J connectivity index is 2.23. The summed E-state index contributed by atoms with van der Waals surface area (Å²) in [6.45, 7) is 0. The molecule has 0 radical (unpaired) electrons. The number of carboxylic acid groups (broad SMARTS) is 1. The first-order chi connectivity index (χ1) is 8.16. The minimum Gasteiger partial charge on any atom is -0.476 e. The van der Waals surface area contributed by atoms with Gasteiger partial charge in [-0.15, -0.1) is 0 Å². The van der Waals surface area contributed by atoms with E-state index in [0.29, 0.717) is 29.7 Å². The van der Waals surface area contributed by atoms with Gasteiger partial charge in [0.25, 0.3) is 0 Å². The first-order valence-corrected chi connectivity index (χ1v) is 5.17. The van der Waals surface area contributed by atoms with Gasteiger partial charge in [0.1, 0.15) is 5.82 Å². The summed E-state index contributed by atoms with van der Waals surface area (Å²) < 4.78 is 18.2. The molecule has 0 fully saturated rings. The van der Waals surface area contributed by atoms with Crippen molar-refractivity contribution in [3.05, 3.63) is 40.8 Å². The summed E-state index contributed by atoms with van der Waals surface area (Å²) in [6.07, 6.45) is 1.23. The smallest absolute Gasteiger partial charge is 0.358 e. The monoisotopic (exact) mass is 233 g/mol. The molecular weight excluding hydrogens is 225 g/mol. The van der Waals surface area contributed by atoms with Gasteiger partial charge < -0.3 is 9.63 Å². The normalized spacial score (nSPS) is 13.0. The fourth-order valence-corrected chi connectivity index (χ4v) is 2.16. The highest BCUT2D eigenvalue weighted by Crippen LogP contribution is 2.35. The molecule has 86 valence electrons. The Hall–Kier alpha value is -2.17. The zero-order chi connectivity index (χ0) is 12.0. The Morgan fingerprint density at radius 1 is 1.41 bits per heavy atom. The molecule has 1 aromatic carbocycles. The lowest BCUT2D eigenvalue weighted by atomic mass is 9.89. The molecule has 3 rings (SSSR count). The SMILES string of the molecule is O=C(O)c1noc2c1CCc1ccc(F)cc1-2. The summed E-state index contributed by atoms with van der Waals surface area (Å²) in [5, 5.41) is 12.5. The van der Waals surface area contributed by atoms with Crippen LogP contribution in [0.3, 0.4) is 0 Å². The highest BCUT2D eigenvalue weighted by Gasteiger charge is 2.27. The van der Waals surface area contributed by atoms with Gasteiger partial charge in [0, 0.05) is 11.1 Å². The van der Waals surface area contributed by atoms with Gasteiger partial charge >= 0.3 is 5.97 Å².